The minimum Gasteiger partial charge on any atom is -0.340 e. The van der Waals surface area contributed by atoms with Gasteiger partial charge in [-0.1, -0.05) is 38.5 Å². The van der Waals surface area contributed by atoms with Crippen molar-refractivity contribution in [3.05, 3.63) is 60.2 Å². The molecule has 0 spiro atoms. The number of carbonyl (C=O) groups is 3. The van der Waals surface area contributed by atoms with Gasteiger partial charge in [0.25, 0.3) is 5.91 Å². The largest absolute Gasteiger partial charge is 0.340 e. The first-order valence-corrected chi connectivity index (χ1v) is 10.1. The maximum Gasteiger partial charge on any atom is 0.251 e. The fourth-order valence-electron chi connectivity index (χ4n) is 2.96. The average Bonchev–Trinajstić information content (AvgIpc) is 3.58. The van der Waals surface area contributed by atoms with Gasteiger partial charge in [-0.15, -0.1) is 0 Å². The van der Waals surface area contributed by atoms with Gasteiger partial charge in [0.05, 0.1) is 0 Å². The summed E-state index contributed by atoms with van der Waals surface area (Å²) in [4.78, 5) is 37.2. The van der Waals surface area contributed by atoms with Crippen molar-refractivity contribution >= 4 is 29.1 Å². The Morgan fingerprint density at radius 3 is 2.07 bits per heavy atom. The highest BCUT2D eigenvalue weighted by atomic mass is 16.2. The van der Waals surface area contributed by atoms with Gasteiger partial charge in [-0.05, 0) is 55.2 Å². The summed E-state index contributed by atoms with van der Waals surface area (Å²) in [5.74, 6) is -0.386. The van der Waals surface area contributed by atoms with Gasteiger partial charge in [0.1, 0.15) is 6.04 Å². The molecule has 2 aromatic rings. The Balaban J connectivity index is 1.63. The molecular weight excluding hydrogens is 366 g/mol. The zero-order valence-electron chi connectivity index (χ0n) is 16.8. The molecule has 1 aliphatic rings. The van der Waals surface area contributed by atoms with Crippen LogP contribution in [-0.2, 0) is 9.59 Å². The number of amides is 3. The van der Waals surface area contributed by atoms with E-state index in [-0.39, 0.29) is 29.6 Å². The molecule has 0 radical (unpaired) electrons. The van der Waals surface area contributed by atoms with Gasteiger partial charge in [0.15, 0.2) is 0 Å². The predicted octanol–water partition coefficient (Wildman–Crippen LogP) is 3.82. The summed E-state index contributed by atoms with van der Waals surface area (Å²) in [5, 5.41) is 8.59. The van der Waals surface area contributed by atoms with Crippen LogP contribution in [0.3, 0.4) is 0 Å². The SMILES string of the molecule is CC[C@H](C)[C@@H](NC(=O)c1ccccc1)C(=O)Nc1ccc(NC(=O)C2CC2)cc1. The van der Waals surface area contributed by atoms with Crippen LogP contribution in [0.5, 0.6) is 0 Å². The number of benzene rings is 2. The smallest absolute Gasteiger partial charge is 0.251 e. The highest BCUT2D eigenvalue weighted by Gasteiger charge is 2.29. The zero-order valence-corrected chi connectivity index (χ0v) is 16.8. The molecule has 1 fully saturated rings. The summed E-state index contributed by atoms with van der Waals surface area (Å²) in [6.07, 6.45) is 2.65. The Morgan fingerprint density at radius 2 is 1.52 bits per heavy atom. The fourth-order valence-corrected chi connectivity index (χ4v) is 2.96. The third-order valence-electron chi connectivity index (χ3n) is 5.19. The minimum atomic E-state index is -0.651. The van der Waals surface area contributed by atoms with Gasteiger partial charge < -0.3 is 16.0 Å². The molecule has 3 amide bonds. The lowest BCUT2D eigenvalue weighted by molar-refractivity contribution is -0.119. The second-order valence-electron chi connectivity index (χ2n) is 7.53. The summed E-state index contributed by atoms with van der Waals surface area (Å²) in [5.41, 5.74) is 1.83. The lowest BCUT2D eigenvalue weighted by Crippen LogP contribution is -2.47. The van der Waals surface area contributed by atoms with Crippen molar-refractivity contribution in [2.75, 3.05) is 10.6 Å². The molecule has 6 heteroatoms. The van der Waals surface area contributed by atoms with E-state index in [1.165, 1.54) is 0 Å². The first-order chi connectivity index (χ1) is 14.0. The molecule has 3 N–H and O–H groups in total. The van der Waals surface area contributed by atoms with Crippen molar-refractivity contribution < 1.29 is 14.4 Å². The molecule has 0 saturated heterocycles. The standard InChI is InChI=1S/C23H27N3O3/c1-3-15(2)20(26-22(28)16-7-5-4-6-8-16)23(29)25-19-13-11-18(12-14-19)24-21(27)17-9-10-17/h4-8,11-15,17,20H,3,9-10H2,1-2H3,(H,24,27)(H,25,29)(H,26,28)/t15-,20+/m0/s1. The van der Waals surface area contributed by atoms with Crippen LogP contribution in [0, 0.1) is 11.8 Å². The second-order valence-corrected chi connectivity index (χ2v) is 7.53. The van der Waals surface area contributed by atoms with Crippen LogP contribution >= 0.6 is 0 Å². The Labute approximate surface area is 171 Å². The summed E-state index contributed by atoms with van der Waals surface area (Å²) < 4.78 is 0. The lowest BCUT2D eigenvalue weighted by Gasteiger charge is -2.23. The Bertz CT molecular complexity index is 861. The van der Waals surface area contributed by atoms with Gasteiger partial charge in [-0.3, -0.25) is 14.4 Å². The van der Waals surface area contributed by atoms with Crippen molar-refractivity contribution in [3.63, 3.8) is 0 Å². The molecule has 152 valence electrons. The number of carbonyl (C=O) groups excluding carboxylic acids is 3. The zero-order chi connectivity index (χ0) is 20.8. The summed E-state index contributed by atoms with van der Waals surface area (Å²) in [6, 6.07) is 15.2. The molecule has 29 heavy (non-hydrogen) atoms. The second kappa shape index (κ2) is 9.37. The molecular formula is C23H27N3O3. The Hall–Kier alpha value is -3.15. The van der Waals surface area contributed by atoms with Crippen LogP contribution < -0.4 is 16.0 Å². The van der Waals surface area contributed by atoms with E-state index in [4.69, 9.17) is 0 Å². The predicted molar refractivity (Wildman–Crippen MR) is 114 cm³/mol. The highest BCUT2D eigenvalue weighted by Crippen LogP contribution is 2.30. The fraction of sp³-hybridized carbons (Fsp3) is 0.348. The third-order valence-corrected chi connectivity index (χ3v) is 5.19. The Morgan fingerprint density at radius 1 is 0.931 bits per heavy atom. The average molecular weight is 393 g/mol. The summed E-state index contributed by atoms with van der Waals surface area (Å²) >= 11 is 0. The minimum absolute atomic E-state index is 0.0280. The van der Waals surface area contributed by atoms with E-state index < -0.39 is 6.04 Å². The lowest BCUT2D eigenvalue weighted by atomic mass is 9.97. The van der Waals surface area contributed by atoms with Crippen LogP contribution in [0.1, 0.15) is 43.5 Å². The third kappa shape index (κ3) is 5.67. The first-order valence-electron chi connectivity index (χ1n) is 10.1. The van der Waals surface area contributed by atoms with Gasteiger partial charge in [-0.2, -0.15) is 0 Å². The topological polar surface area (TPSA) is 87.3 Å². The van der Waals surface area contributed by atoms with Crippen LogP contribution in [0.25, 0.3) is 0 Å². The molecule has 2 atom stereocenters. The molecule has 0 bridgehead atoms. The van der Waals surface area contributed by atoms with Gasteiger partial charge in [0.2, 0.25) is 11.8 Å². The number of nitrogens with one attached hydrogen (secondary N) is 3. The van der Waals surface area contributed by atoms with Crippen molar-refractivity contribution in [3.8, 4) is 0 Å². The van der Waals surface area contributed by atoms with E-state index in [9.17, 15) is 14.4 Å². The van der Waals surface area contributed by atoms with E-state index in [0.29, 0.717) is 16.9 Å². The molecule has 0 heterocycles. The molecule has 0 aliphatic heterocycles. The molecule has 0 unspecified atom stereocenters. The quantitative estimate of drug-likeness (QED) is 0.637. The molecule has 1 aliphatic carbocycles. The van der Waals surface area contributed by atoms with Crippen molar-refractivity contribution in [2.45, 2.75) is 39.2 Å². The first kappa shape index (κ1) is 20.6. The molecule has 2 aromatic carbocycles. The van der Waals surface area contributed by atoms with Gasteiger partial charge in [-0.25, -0.2) is 0 Å². The number of rotatable bonds is 8. The van der Waals surface area contributed by atoms with E-state index >= 15 is 0 Å². The van der Waals surface area contributed by atoms with Gasteiger partial charge >= 0.3 is 0 Å². The maximum absolute atomic E-state index is 12.8. The maximum atomic E-state index is 12.8. The highest BCUT2D eigenvalue weighted by molar-refractivity contribution is 6.01. The molecule has 6 nitrogen and oxygen atoms in total. The Kier molecular flexibility index (Phi) is 6.65. The normalized spacial score (nSPS) is 15.1. The molecule has 1 saturated carbocycles. The van der Waals surface area contributed by atoms with E-state index in [0.717, 1.165) is 19.3 Å². The number of anilines is 2. The summed E-state index contributed by atoms with van der Waals surface area (Å²) in [7, 11) is 0. The summed E-state index contributed by atoms with van der Waals surface area (Å²) in [6.45, 7) is 3.92. The molecule has 0 aromatic heterocycles. The van der Waals surface area contributed by atoms with Crippen molar-refractivity contribution in [1.82, 2.24) is 5.32 Å². The van der Waals surface area contributed by atoms with Crippen LogP contribution in [0.4, 0.5) is 11.4 Å². The number of hydrogen-bond acceptors (Lipinski definition) is 3. The van der Waals surface area contributed by atoms with E-state index in [1.807, 2.05) is 19.9 Å². The van der Waals surface area contributed by atoms with Crippen molar-refractivity contribution in [2.24, 2.45) is 11.8 Å². The molecule has 3 rings (SSSR count). The van der Waals surface area contributed by atoms with Gasteiger partial charge in [0, 0.05) is 22.9 Å². The van der Waals surface area contributed by atoms with Crippen LogP contribution in [-0.4, -0.2) is 23.8 Å². The van der Waals surface area contributed by atoms with E-state index in [2.05, 4.69) is 16.0 Å². The van der Waals surface area contributed by atoms with Crippen LogP contribution in [0.2, 0.25) is 0 Å². The number of hydrogen-bond donors (Lipinski definition) is 3. The van der Waals surface area contributed by atoms with E-state index in [1.54, 1.807) is 48.5 Å². The monoisotopic (exact) mass is 393 g/mol. The van der Waals surface area contributed by atoms with Crippen molar-refractivity contribution in [1.29, 1.82) is 0 Å². The van der Waals surface area contributed by atoms with Crippen LogP contribution in [0.15, 0.2) is 54.6 Å².